The number of carbonyl (C=O) groups excluding carboxylic acids is 1. The minimum absolute atomic E-state index is 0.202. The fourth-order valence-corrected chi connectivity index (χ4v) is 1.72. The SMILES string of the molecule is CC(C)(CN)NC(=O)c1cn(Cc2cccc(F)c2)nn1. The third-order valence-corrected chi connectivity index (χ3v) is 2.97. The average molecular weight is 291 g/mol. The van der Waals surface area contributed by atoms with Gasteiger partial charge in [-0.2, -0.15) is 0 Å². The fourth-order valence-electron chi connectivity index (χ4n) is 1.72. The maximum absolute atomic E-state index is 13.1. The maximum atomic E-state index is 13.1. The van der Waals surface area contributed by atoms with E-state index in [-0.39, 0.29) is 17.4 Å². The summed E-state index contributed by atoms with van der Waals surface area (Å²) >= 11 is 0. The van der Waals surface area contributed by atoms with E-state index in [4.69, 9.17) is 5.73 Å². The summed E-state index contributed by atoms with van der Waals surface area (Å²) in [4.78, 5) is 12.0. The highest BCUT2D eigenvalue weighted by Gasteiger charge is 2.21. The van der Waals surface area contributed by atoms with Gasteiger partial charge in [0.25, 0.3) is 5.91 Å². The smallest absolute Gasteiger partial charge is 0.273 e. The quantitative estimate of drug-likeness (QED) is 0.858. The van der Waals surface area contributed by atoms with Crippen LogP contribution in [0.4, 0.5) is 4.39 Å². The van der Waals surface area contributed by atoms with Gasteiger partial charge in [-0.05, 0) is 31.5 Å². The standard InChI is InChI=1S/C14H18FN5O/c1-14(2,9-16)17-13(21)12-8-20(19-18-12)7-10-4-3-5-11(15)6-10/h3-6,8H,7,9,16H2,1-2H3,(H,17,21). The molecule has 6 nitrogen and oxygen atoms in total. The van der Waals surface area contributed by atoms with Gasteiger partial charge in [-0.25, -0.2) is 9.07 Å². The van der Waals surface area contributed by atoms with Crippen LogP contribution in [-0.4, -0.2) is 33.0 Å². The largest absolute Gasteiger partial charge is 0.344 e. The van der Waals surface area contributed by atoms with Gasteiger partial charge in [-0.3, -0.25) is 4.79 Å². The zero-order chi connectivity index (χ0) is 15.5. The fraction of sp³-hybridized carbons (Fsp3) is 0.357. The molecule has 112 valence electrons. The predicted molar refractivity (Wildman–Crippen MR) is 76.1 cm³/mol. The number of nitrogens with two attached hydrogens (primary N) is 1. The molecule has 0 atom stereocenters. The van der Waals surface area contributed by atoms with Gasteiger partial charge in [0.15, 0.2) is 5.69 Å². The molecule has 0 aliphatic carbocycles. The van der Waals surface area contributed by atoms with Gasteiger partial charge in [0.05, 0.1) is 12.7 Å². The highest BCUT2D eigenvalue weighted by Crippen LogP contribution is 2.06. The van der Waals surface area contributed by atoms with Crippen LogP contribution in [0, 0.1) is 5.82 Å². The number of rotatable bonds is 5. The van der Waals surface area contributed by atoms with Crippen LogP contribution in [-0.2, 0) is 6.54 Å². The second kappa shape index (κ2) is 6.01. The van der Waals surface area contributed by atoms with Crippen molar-refractivity contribution in [2.75, 3.05) is 6.54 Å². The van der Waals surface area contributed by atoms with Crippen LogP contribution in [0.2, 0.25) is 0 Å². The zero-order valence-corrected chi connectivity index (χ0v) is 12.0. The normalized spacial score (nSPS) is 11.4. The highest BCUT2D eigenvalue weighted by molar-refractivity contribution is 5.92. The second-order valence-electron chi connectivity index (χ2n) is 5.47. The summed E-state index contributed by atoms with van der Waals surface area (Å²) in [6.45, 7) is 4.30. The molecular weight excluding hydrogens is 273 g/mol. The van der Waals surface area contributed by atoms with E-state index in [1.165, 1.54) is 23.0 Å². The molecule has 0 spiro atoms. The van der Waals surface area contributed by atoms with Gasteiger partial charge in [-0.15, -0.1) is 5.10 Å². The first-order chi connectivity index (χ1) is 9.89. The lowest BCUT2D eigenvalue weighted by atomic mass is 10.1. The van der Waals surface area contributed by atoms with Crippen LogP contribution in [0.3, 0.4) is 0 Å². The minimum atomic E-state index is -0.510. The van der Waals surface area contributed by atoms with Crippen molar-refractivity contribution in [3.8, 4) is 0 Å². The van der Waals surface area contributed by atoms with E-state index >= 15 is 0 Å². The molecule has 0 unspecified atom stereocenters. The molecule has 0 aliphatic heterocycles. The van der Waals surface area contributed by atoms with Crippen LogP contribution in [0.15, 0.2) is 30.5 Å². The van der Waals surface area contributed by atoms with Crippen LogP contribution in [0.25, 0.3) is 0 Å². The van der Waals surface area contributed by atoms with E-state index in [1.807, 2.05) is 13.8 Å². The summed E-state index contributed by atoms with van der Waals surface area (Å²) < 4.78 is 14.6. The topological polar surface area (TPSA) is 85.8 Å². The summed E-state index contributed by atoms with van der Waals surface area (Å²) in [5.41, 5.74) is 6.00. The van der Waals surface area contributed by atoms with E-state index in [2.05, 4.69) is 15.6 Å². The molecule has 0 saturated carbocycles. The number of halogens is 1. The third-order valence-electron chi connectivity index (χ3n) is 2.97. The van der Waals surface area contributed by atoms with Crippen LogP contribution < -0.4 is 11.1 Å². The number of benzene rings is 1. The number of hydrogen-bond donors (Lipinski definition) is 2. The Bertz CT molecular complexity index is 638. The molecule has 21 heavy (non-hydrogen) atoms. The molecule has 0 radical (unpaired) electrons. The Morgan fingerprint density at radius 2 is 2.24 bits per heavy atom. The van der Waals surface area contributed by atoms with E-state index in [0.29, 0.717) is 13.1 Å². The Labute approximate surface area is 122 Å². The molecule has 0 saturated heterocycles. The lowest BCUT2D eigenvalue weighted by Crippen LogP contribution is -2.48. The number of amides is 1. The monoisotopic (exact) mass is 291 g/mol. The molecule has 3 N–H and O–H groups in total. The maximum Gasteiger partial charge on any atom is 0.273 e. The summed E-state index contributed by atoms with van der Waals surface area (Å²) in [5, 5.41) is 10.5. The molecule has 2 rings (SSSR count). The van der Waals surface area contributed by atoms with Crippen LogP contribution in [0.5, 0.6) is 0 Å². The molecule has 0 fully saturated rings. The summed E-state index contributed by atoms with van der Waals surface area (Å²) in [6, 6.07) is 6.19. The number of nitrogens with one attached hydrogen (secondary N) is 1. The lowest BCUT2D eigenvalue weighted by molar-refractivity contribution is 0.0910. The number of aromatic nitrogens is 3. The van der Waals surface area contributed by atoms with E-state index in [0.717, 1.165) is 5.56 Å². The number of carbonyl (C=O) groups is 1. The summed E-state index contributed by atoms with van der Waals surface area (Å²) in [6.07, 6.45) is 1.52. The molecule has 1 heterocycles. The van der Waals surface area contributed by atoms with Crippen molar-refractivity contribution < 1.29 is 9.18 Å². The Hall–Kier alpha value is -2.28. The molecule has 0 aliphatic rings. The Balaban J connectivity index is 2.06. The van der Waals surface area contributed by atoms with E-state index in [9.17, 15) is 9.18 Å². The van der Waals surface area contributed by atoms with Gasteiger partial charge in [0.2, 0.25) is 0 Å². The van der Waals surface area contributed by atoms with Crippen molar-refractivity contribution in [2.24, 2.45) is 5.73 Å². The first-order valence-electron chi connectivity index (χ1n) is 6.57. The molecule has 0 bridgehead atoms. The molecule has 7 heteroatoms. The molecule has 1 aromatic carbocycles. The van der Waals surface area contributed by atoms with E-state index in [1.54, 1.807) is 12.1 Å². The average Bonchev–Trinajstić information content (AvgIpc) is 2.87. The molecule has 2 aromatic rings. The number of hydrogen-bond acceptors (Lipinski definition) is 4. The van der Waals surface area contributed by atoms with Crippen molar-refractivity contribution in [1.82, 2.24) is 20.3 Å². The molecule has 1 aromatic heterocycles. The minimum Gasteiger partial charge on any atom is -0.344 e. The van der Waals surface area contributed by atoms with Crippen molar-refractivity contribution >= 4 is 5.91 Å². The zero-order valence-electron chi connectivity index (χ0n) is 12.0. The molecular formula is C14H18FN5O. The second-order valence-corrected chi connectivity index (χ2v) is 5.47. The summed E-state index contributed by atoms with van der Waals surface area (Å²) in [5.74, 6) is -0.647. The van der Waals surface area contributed by atoms with E-state index < -0.39 is 5.54 Å². The van der Waals surface area contributed by atoms with Crippen molar-refractivity contribution in [3.05, 3.63) is 47.5 Å². The third kappa shape index (κ3) is 4.09. The van der Waals surface area contributed by atoms with Crippen molar-refractivity contribution in [1.29, 1.82) is 0 Å². The molecule has 1 amide bonds. The lowest BCUT2D eigenvalue weighted by Gasteiger charge is -2.23. The first-order valence-corrected chi connectivity index (χ1v) is 6.57. The Morgan fingerprint density at radius 1 is 1.48 bits per heavy atom. The first kappa shape index (κ1) is 15.1. The predicted octanol–water partition coefficient (Wildman–Crippen LogP) is 0.933. The van der Waals surface area contributed by atoms with Gasteiger partial charge >= 0.3 is 0 Å². The highest BCUT2D eigenvalue weighted by atomic mass is 19.1. The van der Waals surface area contributed by atoms with Gasteiger partial charge in [0, 0.05) is 12.1 Å². The van der Waals surface area contributed by atoms with Crippen molar-refractivity contribution in [3.63, 3.8) is 0 Å². The summed E-state index contributed by atoms with van der Waals surface area (Å²) in [7, 11) is 0. The van der Waals surface area contributed by atoms with Gasteiger partial charge < -0.3 is 11.1 Å². The van der Waals surface area contributed by atoms with Gasteiger partial charge in [0.1, 0.15) is 5.82 Å². The number of nitrogens with zero attached hydrogens (tertiary/aromatic N) is 3. The van der Waals surface area contributed by atoms with Crippen LogP contribution >= 0.6 is 0 Å². The van der Waals surface area contributed by atoms with Crippen molar-refractivity contribution in [2.45, 2.75) is 25.9 Å². The van der Waals surface area contributed by atoms with Crippen LogP contribution in [0.1, 0.15) is 29.9 Å². The Kier molecular flexibility index (Phi) is 4.32. The Morgan fingerprint density at radius 3 is 2.90 bits per heavy atom. The van der Waals surface area contributed by atoms with Gasteiger partial charge in [-0.1, -0.05) is 17.3 Å².